The van der Waals surface area contributed by atoms with Gasteiger partial charge in [0.2, 0.25) is 0 Å². The third-order valence-corrected chi connectivity index (χ3v) is 6.06. The summed E-state index contributed by atoms with van der Waals surface area (Å²) < 4.78 is 275. The van der Waals surface area contributed by atoms with Crippen LogP contribution >= 0.6 is 0 Å². The van der Waals surface area contributed by atoms with Gasteiger partial charge in [-0.2, -0.15) is 91.8 Å². The molecule has 0 bridgehead atoms. The summed E-state index contributed by atoms with van der Waals surface area (Å²) in [5.41, 5.74) is 0. The minimum atomic E-state index is -9.11. The zero-order valence-electron chi connectivity index (χ0n) is 15.9. The highest BCUT2D eigenvalue weighted by Gasteiger charge is 2.97. The van der Waals surface area contributed by atoms with E-state index in [4.69, 9.17) is 4.55 Å². The molecule has 0 aromatic carbocycles. The standard InChI is InChI=1S/C12H7F19O3S/c1-3(2,35(32,33)34)4(13,14)5(15,16)6(17,18)7(19,20)8(21,22)9(23,24)10(25,26)11(27,28)12(29,30)31/h1-2H3,(H,32,33,34). The average molecular weight is 592 g/mol. The Morgan fingerprint density at radius 1 is 0.400 bits per heavy atom. The monoisotopic (exact) mass is 592 g/mol. The molecule has 0 aromatic rings. The van der Waals surface area contributed by atoms with E-state index in [2.05, 4.69) is 0 Å². The van der Waals surface area contributed by atoms with Gasteiger partial charge in [-0.3, -0.25) is 4.55 Å². The third kappa shape index (κ3) is 3.88. The summed E-state index contributed by atoms with van der Waals surface area (Å²) in [4.78, 5) is 0. The highest BCUT2D eigenvalue weighted by molar-refractivity contribution is 7.87. The van der Waals surface area contributed by atoms with Crippen LogP contribution in [0.15, 0.2) is 0 Å². The lowest BCUT2D eigenvalue weighted by Gasteiger charge is -2.45. The fourth-order valence-electron chi connectivity index (χ4n) is 1.90. The molecule has 0 unspecified atom stereocenters. The lowest BCUT2D eigenvalue weighted by atomic mass is 9.85. The van der Waals surface area contributed by atoms with Gasteiger partial charge < -0.3 is 0 Å². The molecule has 212 valence electrons. The molecule has 0 aliphatic carbocycles. The van der Waals surface area contributed by atoms with E-state index >= 15 is 0 Å². The maximum atomic E-state index is 13.8. The highest BCUT2D eigenvalue weighted by atomic mass is 32.2. The van der Waals surface area contributed by atoms with Gasteiger partial charge in [-0.1, -0.05) is 0 Å². The van der Waals surface area contributed by atoms with E-state index in [0.29, 0.717) is 0 Å². The zero-order valence-corrected chi connectivity index (χ0v) is 16.7. The normalized spacial score (nSPS) is 17.1. The number of hydrogen-bond acceptors (Lipinski definition) is 2. The maximum absolute atomic E-state index is 13.8. The topological polar surface area (TPSA) is 54.4 Å². The van der Waals surface area contributed by atoms with Crippen LogP contribution in [0.2, 0.25) is 0 Å². The quantitative estimate of drug-likeness (QED) is 0.253. The van der Waals surface area contributed by atoms with E-state index in [1.165, 1.54) is 0 Å². The van der Waals surface area contributed by atoms with Crippen LogP contribution < -0.4 is 0 Å². The van der Waals surface area contributed by atoms with Crippen LogP contribution in [0.5, 0.6) is 0 Å². The molecule has 0 aliphatic rings. The SMILES string of the molecule is CC(C)(C(F)(F)C(F)(F)C(F)(F)C(F)(F)C(F)(F)C(F)(F)C(F)(F)C(F)(F)C(F)(F)F)S(=O)(=O)O. The molecule has 1 N–H and O–H groups in total. The summed E-state index contributed by atoms with van der Waals surface area (Å²) in [6, 6.07) is 0. The van der Waals surface area contributed by atoms with Crippen LogP contribution in [0.25, 0.3) is 0 Å². The first-order valence-corrected chi connectivity index (χ1v) is 9.00. The molecule has 3 nitrogen and oxygen atoms in total. The van der Waals surface area contributed by atoms with E-state index in [0.717, 1.165) is 0 Å². The first kappa shape index (κ1) is 33.6. The summed E-state index contributed by atoms with van der Waals surface area (Å²) >= 11 is 0. The second-order valence-corrected chi connectivity index (χ2v) is 9.05. The van der Waals surface area contributed by atoms with E-state index in [-0.39, 0.29) is 0 Å². The zero-order chi connectivity index (χ0) is 29.5. The molecule has 0 radical (unpaired) electrons. The van der Waals surface area contributed by atoms with Crippen LogP contribution in [-0.4, -0.2) is 71.3 Å². The van der Waals surface area contributed by atoms with Gasteiger partial charge in [0.25, 0.3) is 10.1 Å². The van der Waals surface area contributed by atoms with Crippen molar-refractivity contribution in [3.8, 4) is 0 Å². The van der Waals surface area contributed by atoms with E-state index in [1.54, 1.807) is 0 Å². The van der Waals surface area contributed by atoms with Crippen molar-refractivity contribution in [2.24, 2.45) is 0 Å². The Labute approximate surface area is 180 Å². The van der Waals surface area contributed by atoms with Gasteiger partial charge in [0, 0.05) is 0 Å². The van der Waals surface area contributed by atoms with E-state index < -0.39 is 82.3 Å². The van der Waals surface area contributed by atoms with Gasteiger partial charge in [-0.25, -0.2) is 0 Å². The van der Waals surface area contributed by atoms with Crippen molar-refractivity contribution in [2.45, 2.75) is 72.2 Å². The van der Waals surface area contributed by atoms with Crippen molar-refractivity contribution in [1.82, 2.24) is 0 Å². The second-order valence-electron chi connectivity index (χ2n) is 7.08. The van der Waals surface area contributed by atoms with Crippen molar-refractivity contribution in [3.05, 3.63) is 0 Å². The number of alkyl halides is 19. The number of hydrogen-bond donors (Lipinski definition) is 1. The fraction of sp³-hybridized carbons (Fsp3) is 1.00. The maximum Gasteiger partial charge on any atom is 0.460 e. The lowest BCUT2D eigenvalue weighted by molar-refractivity contribution is -0.469. The molecule has 0 aliphatic heterocycles. The fourth-order valence-corrected chi connectivity index (χ4v) is 2.35. The molecule has 0 rings (SSSR count). The Hall–Kier alpha value is -1.42. The van der Waals surface area contributed by atoms with Gasteiger partial charge in [-0.05, 0) is 13.8 Å². The van der Waals surface area contributed by atoms with E-state index in [9.17, 15) is 91.8 Å². The van der Waals surface area contributed by atoms with E-state index in [1.807, 2.05) is 0 Å². The predicted octanol–water partition coefficient (Wildman–Crippen LogP) is 6.30. The van der Waals surface area contributed by atoms with Gasteiger partial charge >= 0.3 is 53.6 Å². The van der Waals surface area contributed by atoms with Gasteiger partial charge in [0.05, 0.1) is 0 Å². The minimum absolute atomic E-state index is 0.824. The Balaban J connectivity index is 7.21. The van der Waals surface area contributed by atoms with Crippen LogP contribution in [0.1, 0.15) is 13.8 Å². The molecular formula is C12H7F19O3S. The molecule has 23 heteroatoms. The van der Waals surface area contributed by atoms with Crippen molar-refractivity contribution in [1.29, 1.82) is 0 Å². The van der Waals surface area contributed by atoms with Crippen LogP contribution in [0.4, 0.5) is 83.4 Å². The Morgan fingerprint density at radius 2 is 0.571 bits per heavy atom. The largest absolute Gasteiger partial charge is 0.460 e. The molecule has 0 spiro atoms. The van der Waals surface area contributed by atoms with Crippen LogP contribution in [0.3, 0.4) is 0 Å². The highest BCUT2D eigenvalue weighted by Crippen LogP contribution is 2.66. The molecule has 0 saturated heterocycles. The van der Waals surface area contributed by atoms with Crippen LogP contribution in [-0.2, 0) is 10.1 Å². The predicted molar refractivity (Wildman–Crippen MR) is 71.3 cm³/mol. The Bertz CT molecular complexity index is 914. The van der Waals surface area contributed by atoms with Crippen LogP contribution in [0, 0.1) is 0 Å². The van der Waals surface area contributed by atoms with Crippen molar-refractivity contribution >= 4 is 10.1 Å². The molecule has 0 atom stereocenters. The Kier molecular flexibility index (Phi) is 7.47. The summed E-state index contributed by atoms with van der Waals surface area (Å²) in [5, 5.41) is 0. The lowest BCUT2D eigenvalue weighted by Crippen LogP contribution is -2.77. The molecule has 0 fully saturated rings. The van der Waals surface area contributed by atoms with Gasteiger partial charge in [0.1, 0.15) is 0 Å². The summed E-state index contributed by atoms with van der Waals surface area (Å²) in [5.74, 6) is -69.0. The van der Waals surface area contributed by atoms with Crippen molar-refractivity contribution < 1.29 is 96.4 Å². The molecular weight excluding hydrogens is 585 g/mol. The first-order chi connectivity index (χ1) is 14.5. The van der Waals surface area contributed by atoms with Crippen molar-refractivity contribution in [2.75, 3.05) is 0 Å². The molecule has 35 heavy (non-hydrogen) atoms. The number of rotatable bonds is 9. The molecule has 0 aromatic heterocycles. The summed E-state index contributed by atoms with van der Waals surface area (Å²) in [7, 11) is -6.76. The first-order valence-electron chi connectivity index (χ1n) is 7.56. The third-order valence-electron chi connectivity index (χ3n) is 4.52. The number of halogens is 19. The molecule has 0 amide bonds. The Morgan fingerprint density at radius 3 is 0.743 bits per heavy atom. The summed E-state index contributed by atoms with van der Waals surface area (Å²) in [6.07, 6.45) is -7.98. The minimum Gasteiger partial charge on any atom is -0.285 e. The average Bonchev–Trinajstić information content (AvgIpc) is 2.58. The molecule has 0 saturated carbocycles. The second kappa shape index (κ2) is 7.79. The van der Waals surface area contributed by atoms with Crippen molar-refractivity contribution in [3.63, 3.8) is 0 Å². The van der Waals surface area contributed by atoms with Gasteiger partial charge in [-0.15, -0.1) is 0 Å². The smallest absolute Gasteiger partial charge is 0.285 e. The molecule has 0 heterocycles. The van der Waals surface area contributed by atoms with Gasteiger partial charge in [0.15, 0.2) is 4.75 Å². The summed E-state index contributed by atoms with van der Waals surface area (Å²) in [6.45, 7) is -1.65.